The van der Waals surface area contributed by atoms with E-state index in [4.69, 9.17) is 4.98 Å². The molecule has 19 heavy (non-hydrogen) atoms. The number of hydrogen-bond donors (Lipinski definition) is 1. The monoisotopic (exact) mass is 301 g/mol. The van der Waals surface area contributed by atoms with Crippen LogP contribution in [0.1, 0.15) is 43.3 Å². The molecule has 0 aliphatic carbocycles. The second-order valence-electron chi connectivity index (χ2n) is 5.67. The molecule has 0 aromatic carbocycles. The maximum atomic E-state index is 4.74. The van der Waals surface area contributed by atoms with E-state index in [1.165, 1.54) is 49.5 Å². The molecule has 3 heterocycles. The smallest absolute Gasteiger partial charge is 0.107 e. The summed E-state index contributed by atoms with van der Waals surface area (Å²) in [5, 5.41) is 7.28. The molecule has 2 unspecified atom stereocenters. The first kappa shape index (κ1) is 15.2. The SMILES string of the molecule is CCCc1csc(CN2CC3CCCC(C2)N3)n1.Cl. The minimum Gasteiger partial charge on any atom is -0.309 e. The van der Waals surface area contributed by atoms with E-state index in [0.717, 1.165) is 25.0 Å². The van der Waals surface area contributed by atoms with Gasteiger partial charge in [-0.2, -0.15) is 0 Å². The number of rotatable bonds is 4. The van der Waals surface area contributed by atoms with E-state index in [1.807, 2.05) is 11.3 Å². The third-order valence-corrected chi connectivity index (χ3v) is 4.88. The van der Waals surface area contributed by atoms with Crippen LogP contribution in [0.2, 0.25) is 0 Å². The fourth-order valence-electron chi connectivity index (χ4n) is 3.21. The van der Waals surface area contributed by atoms with Gasteiger partial charge in [0.1, 0.15) is 5.01 Å². The van der Waals surface area contributed by atoms with Crippen molar-refractivity contribution in [2.75, 3.05) is 13.1 Å². The predicted molar refractivity (Wildman–Crippen MR) is 83.2 cm³/mol. The van der Waals surface area contributed by atoms with Crippen LogP contribution in [-0.4, -0.2) is 35.1 Å². The average molecular weight is 302 g/mol. The summed E-state index contributed by atoms with van der Waals surface area (Å²) < 4.78 is 0. The summed E-state index contributed by atoms with van der Waals surface area (Å²) >= 11 is 1.84. The minimum absolute atomic E-state index is 0. The average Bonchev–Trinajstić information content (AvgIpc) is 2.77. The normalized spacial score (nSPS) is 27.0. The fraction of sp³-hybridized carbons (Fsp3) is 0.786. The van der Waals surface area contributed by atoms with Crippen LogP contribution in [0.25, 0.3) is 0 Å². The van der Waals surface area contributed by atoms with Crippen LogP contribution in [0.3, 0.4) is 0 Å². The van der Waals surface area contributed by atoms with E-state index in [9.17, 15) is 0 Å². The number of nitrogens with one attached hydrogen (secondary N) is 1. The molecular weight excluding hydrogens is 278 g/mol. The van der Waals surface area contributed by atoms with E-state index >= 15 is 0 Å². The zero-order valence-electron chi connectivity index (χ0n) is 11.6. The van der Waals surface area contributed by atoms with Crippen molar-refractivity contribution in [3.05, 3.63) is 16.1 Å². The van der Waals surface area contributed by atoms with Gasteiger partial charge in [-0.05, 0) is 19.3 Å². The lowest BCUT2D eigenvalue weighted by molar-refractivity contribution is 0.119. The molecule has 5 heteroatoms. The molecule has 0 radical (unpaired) electrons. The Balaban J connectivity index is 0.00000133. The molecule has 2 atom stereocenters. The number of aryl methyl sites for hydroxylation is 1. The first-order valence-corrected chi connectivity index (χ1v) is 8.13. The summed E-state index contributed by atoms with van der Waals surface area (Å²) in [6.07, 6.45) is 6.44. The van der Waals surface area contributed by atoms with Gasteiger partial charge < -0.3 is 5.32 Å². The second kappa shape index (κ2) is 7.02. The molecule has 1 aromatic heterocycles. The summed E-state index contributed by atoms with van der Waals surface area (Å²) in [4.78, 5) is 7.34. The van der Waals surface area contributed by atoms with Gasteiger partial charge in [0.2, 0.25) is 0 Å². The standard InChI is InChI=1S/C14H23N3S.ClH/c1-2-4-13-10-18-14(16-13)9-17-7-11-5-3-6-12(8-17)15-11;/h10-12,15H,2-9H2,1H3;1H. The van der Waals surface area contributed by atoms with Crippen molar-refractivity contribution < 1.29 is 0 Å². The van der Waals surface area contributed by atoms with Gasteiger partial charge >= 0.3 is 0 Å². The number of halogens is 1. The van der Waals surface area contributed by atoms with Gasteiger partial charge in [0.15, 0.2) is 0 Å². The number of hydrogen-bond acceptors (Lipinski definition) is 4. The summed E-state index contributed by atoms with van der Waals surface area (Å²) in [6.45, 7) is 5.69. The van der Waals surface area contributed by atoms with Crippen molar-refractivity contribution in [3.8, 4) is 0 Å². The van der Waals surface area contributed by atoms with Crippen LogP contribution >= 0.6 is 23.7 Å². The number of likely N-dealkylation sites (tertiary alicyclic amines) is 1. The van der Waals surface area contributed by atoms with Gasteiger partial charge in [0.05, 0.1) is 12.2 Å². The van der Waals surface area contributed by atoms with E-state index in [0.29, 0.717) is 0 Å². The van der Waals surface area contributed by atoms with Gasteiger partial charge in [-0.15, -0.1) is 23.7 Å². The Labute approximate surface area is 126 Å². The molecule has 1 N–H and O–H groups in total. The zero-order valence-corrected chi connectivity index (χ0v) is 13.2. The summed E-state index contributed by atoms with van der Waals surface area (Å²) in [5.41, 5.74) is 1.29. The van der Waals surface area contributed by atoms with Gasteiger partial charge in [-0.1, -0.05) is 19.8 Å². The predicted octanol–water partition coefficient (Wildman–Crippen LogP) is 2.84. The van der Waals surface area contributed by atoms with E-state index in [-0.39, 0.29) is 12.4 Å². The summed E-state index contributed by atoms with van der Waals surface area (Å²) in [5.74, 6) is 0. The Hall–Kier alpha value is -0.160. The maximum Gasteiger partial charge on any atom is 0.107 e. The van der Waals surface area contributed by atoms with Crippen LogP contribution in [0.4, 0.5) is 0 Å². The molecule has 2 aliphatic rings. The highest BCUT2D eigenvalue weighted by Gasteiger charge is 2.29. The van der Waals surface area contributed by atoms with Gasteiger partial charge in [0.25, 0.3) is 0 Å². The molecule has 108 valence electrons. The number of piperidine rings is 1. The molecule has 2 fully saturated rings. The van der Waals surface area contributed by atoms with Gasteiger partial charge in [0, 0.05) is 30.6 Å². The molecule has 0 amide bonds. The van der Waals surface area contributed by atoms with Crippen molar-refractivity contribution in [1.82, 2.24) is 15.2 Å². The first-order chi connectivity index (χ1) is 8.83. The Kier molecular flexibility index (Phi) is 5.63. The quantitative estimate of drug-likeness (QED) is 0.927. The Morgan fingerprint density at radius 1 is 1.37 bits per heavy atom. The number of nitrogens with zero attached hydrogens (tertiary/aromatic N) is 2. The second-order valence-corrected chi connectivity index (χ2v) is 6.61. The van der Waals surface area contributed by atoms with Crippen LogP contribution in [0, 0.1) is 0 Å². The fourth-order valence-corrected chi connectivity index (χ4v) is 4.08. The lowest BCUT2D eigenvalue weighted by atomic mass is 9.94. The molecule has 2 saturated heterocycles. The highest BCUT2D eigenvalue weighted by molar-refractivity contribution is 7.09. The zero-order chi connectivity index (χ0) is 12.4. The topological polar surface area (TPSA) is 28.2 Å². The van der Waals surface area contributed by atoms with Crippen molar-refractivity contribution >= 4 is 23.7 Å². The largest absolute Gasteiger partial charge is 0.309 e. The summed E-state index contributed by atoms with van der Waals surface area (Å²) in [7, 11) is 0. The number of thiazole rings is 1. The van der Waals surface area contributed by atoms with E-state index < -0.39 is 0 Å². The highest BCUT2D eigenvalue weighted by atomic mass is 35.5. The molecule has 0 saturated carbocycles. The Morgan fingerprint density at radius 2 is 2.11 bits per heavy atom. The molecule has 2 bridgehead atoms. The van der Waals surface area contributed by atoms with Crippen molar-refractivity contribution in [2.45, 2.75) is 57.7 Å². The van der Waals surface area contributed by atoms with Crippen LogP contribution < -0.4 is 5.32 Å². The Morgan fingerprint density at radius 3 is 2.79 bits per heavy atom. The highest BCUT2D eigenvalue weighted by Crippen LogP contribution is 2.22. The number of piperazine rings is 1. The van der Waals surface area contributed by atoms with Crippen LogP contribution in [0.5, 0.6) is 0 Å². The molecule has 1 aromatic rings. The molecule has 0 spiro atoms. The van der Waals surface area contributed by atoms with Crippen molar-refractivity contribution in [1.29, 1.82) is 0 Å². The molecule has 3 rings (SSSR count). The summed E-state index contributed by atoms with van der Waals surface area (Å²) in [6, 6.07) is 1.46. The van der Waals surface area contributed by atoms with Crippen LogP contribution in [0.15, 0.2) is 5.38 Å². The molecular formula is C14H24ClN3S. The van der Waals surface area contributed by atoms with Gasteiger partial charge in [-0.25, -0.2) is 4.98 Å². The van der Waals surface area contributed by atoms with Crippen LogP contribution in [-0.2, 0) is 13.0 Å². The minimum atomic E-state index is 0. The Bertz CT molecular complexity index is 384. The van der Waals surface area contributed by atoms with Gasteiger partial charge in [-0.3, -0.25) is 4.90 Å². The van der Waals surface area contributed by atoms with E-state index in [1.54, 1.807) is 0 Å². The maximum absolute atomic E-state index is 4.74. The lowest BCUT2D eigenvalue weighted by Crippen LogP contribution is -2.58. The van der Waals surface area contributed by atoms with Crippen molar-refractivity contribution in [3.63, 3.8) is 0 Å². The third kappa shape index (κ3) is 3.91. The third-order valence-electron chi connectivity index (χ3n) is 4.00. The van der Waals surface area contributed by atoms with E-state index in [2.05, 4.69) is 22.5 Å². The number of fused-ring (bicyclic) bond motifs is 2. The lowest BCUT2D eigenvalue weighted by Gasteiger charge is -2.42. The first-order valence-electron chi connectivity index (χ1n) is 7.25. The molecule has 2 aliphatic heterocycles. The van der Waals surface area contributed by atoms with Crippen molar-refractivity contribution in [2.24, 2.45) is 0 Å². The number of aromatic nitrogens is 1. The molecule has 3 nitrogen and oxygen atoms in total.